The summed E-state index contributed by atoms with van der Waals surface area (Å²) in [5.74, 6) is 2.37. The second-order valence-corrected chi connectivity index (χ2v) is 4.32. The van der Waals surface area contributed by atoms with Crippen molar-refractivity contribution in [1.29, 1.82) is 0 Å². The average molecular weight is 285 g/mol. The molecule has 0 aliphatic heterocycles. The maximum absolute atomic E-state index is 12.1. The van der Waals surface area contributed by atoms with Crippen molar-refractivity contribution >= 4 is 0 Å². The third-order valence-electron chi connectivity index (χ3n) is 2.78. The van der Waals surface area contributed by atoms with Gasteiger partial charge in [-0.25, -0.2) is 0 Å². The first-order valence-corrected chi connectivity index (χ1v) is 6.49. The van der Waals surface area contributed by atoms with E-state index in [1.807, 2.05) is 6.92 Å². The van der Waals surface area contributed by atoms with E-state index in [9.17, 15) is 13.2 Å². The summed E-state index contributed by atoms with van der Waals surface area (Å²) in [4.78, 5) is 0. The topological polar surface area (TPSA) is 21.3 Å². The van der Waals surface area contributed by atoms with Gasteiger partial charge in [0.15, 0.2) is 0 Å². The van der Waals surface area contributed by atoms with Gasteiger partial charge in [-0.1, -0.05) is 19.1 Å². The molecule has 0 aliphatic carbocycles. The molecule has 0 heterocycles. The number of nitrogens with one attached hydrogen (secondary N) is 1. The zero-order chi connectivity index (χ0) is 15.0. The van der Waals surface area contributed by atoms with Crippen molar-refractivity contribution < 1.29 is 17.9 Å². The number of ether oxygens (including phenoxy) is 1. The molecule has 0 radical (unpaired) electrons. The highest BCUT2D eigenvalue weighted by molar-refractivity contribution is 5.29. The van der Waals surface area contributed by atoms with Crippen LogP contribution in [-0.2, 0) is 0 Å². The van der Waals surface area contributed by atoms with Crippen molar-refractivity contribution in [1.82, 2.24) is 5.32 Å². The number of alkyl halides is 3. The van der Waals surface area contributed by atoms with Crippen LogP contribution < -0.4 is 10.1 Å². The predicted molar refractivity (Wildman–Crippen MR) is 72.2 cm³/mol. The Hall–Kier alpha value is -1.67. The number of halogens is 3. The van der Waals surface area contributed by atoms with Crippen molar-refractivity contribution in [2.24, 2.45) is 0 Å². The van der Waals surface area contributed by atoms with Gasteiger partial charge in [0.2, 0.25) is 0 Å². The second-order valence-electron chi connectivity index (χ2n) is 4.32. The SMILES string of the molecule is C#CCCCC(NCC)c1ccc(OC(F)(F)F)cc1. The Morgan fingerprint density at radius 3 is 2.45 bits per heavy atom. The smallest absolute Gasteiger partial charge is 0.406 e. The molecule has 1 atom stereocenters. The van der Waals surface area contributed by atoms with Crippen LogP contribution in [0.4, 0.5) is 13.2 Å². The fourth-order valence-electron chi connectivity index (χ4n) is 1.94. The van der Waals surface area contributed by atoms with Crippen LogP contribution in [0.15, 0.2) is 24.3 Å². The standard InChI is InChI=1S/C15H18F3NO/c1-3-5-6-7-14(19-4-2)12-8-10-13(11-9-12)20-15(16,17)18/h1,8-11,14,19H,4-7H2,2H3. The summed E-state index contributed by atoms with van der Waals surface area (Å²) in [5.41, 5.74) is 0.929. The summed E-state index contributed by atoms with van der Waals surface area (Å²) in [7, 11) is 0. The minimum Gasteiger partial charge on any atom is -0.406 e. The molecule has 0 aromatic heterocycles. The van der Waals surface area contributed by atoms with Gasteiger partial charge >= 0.3 is 6.36 Å². The lowest BCUT2D eigenvalue weighted by Crippen LogP contribution is -2.21. The van der Waals surface area contributed by atoms with Gasteiger partial charge in [-0.3, -0.25) is 0 Å². The fraction of sp³-hybridized carbons (Fsp3) is 0.467. The average Bonchev–Trinajstić information content (AvgIpc) is 2.37. The summed E-state index contributed by atoms with van der Waals surface area (Å²) in [6, 6.07) is 6.03. The second kappa shape index (κ2) is 7.81. The maximum atomic E-state index is 12.1. The first-order chi connectivity index (χ1) is 9.46. The van der Waals surface area contributed by atoms with Gasteiger partial charge in [-0.05, 0) is 37.1 Å². The largest absolute Gasteiger partial charge is 0.573 e. The van der Waals surface area contributed by atoms with Gasteiger partial charge in [0.1, 0.15) is 5.75 Å². The van der Waals surface area contributed by atoms with Crippen molar-refractivity contribution in [3.63, 3.8) is 0 Å². The maximum Gasteiger partial charge on any atom is 0.573 e. The number of rotatable bonds is 7. The monoisotopic (exact) mass is 285 g/mol. The van der Waals surface area contributed by atoms with Gasteiger partial charge in [0.05, 0.1) is 0 Å². The number of benzene rings is 1. The Morgan fingerprint density at radius 1 is 1.30 bits per heavy atom. The predicted octanol–water partition coefficient (Wildman–Crippen LogP) is 4.04. The van der Waals surface area contributed by atoms with E-state index in [0.29, 0.717) is 6.42 Å². The molecule has 1 N–H and O–H groups in total. The van der Waals surface area contributed by atoms with E-state index in [1.165, 1.54) is 12.1 Å². The highest BCUT2D eigenvalue weighted by Crippen LogP contribution is 2.26. The van der Waals surface area contributed by atoms with Gasteiger partial charge < -0.3 is 10.1 Å². The highest BCUT2D eigenvalue weighted by atomic mass is 19.4. The van der Waals surface area contributed by atoms with E-state index in [4.69, 9.17) is 6.42 Å². The lowest BCUT2D eigenvalue weighted by Gasteiger charge is -2.18. The van der Waals surface area contributed by atoms with Crippen molar-refractivity contribution in [3.8, 4) is 18.1 Å². The van der Waals surface area contributed by atoms with Crippen molar-refractivity contribution in [2.45, 2.75) is 38.6 Å². The van der Waals surface area contributed by atoms with E-state index in [0.717, 1.165) is 24.9 Å². The van der Waals surface area contributed by atoms with E-state index < -0.39 is 6.36 Å². The summed E-state index contributed by atoms with van der Waals surface area (Å²) in [6.45, 7) is 2.76. The molecule has 1 rings (SSSR count). The molecule has 20 heavy (non-hydrogen) atoms. The normalized spacial score (nSPS) is 12.8. The van der Waals surface area contributed by atoms with E-state index >= 15 is 0 Å². The molecule has 0 bridgehead atoms. The minimum absolute atomic E-state index is 0.0910. The van der Waals surface area contributed by atoms with Crippen LogP contribution in [-0.4, -0.2) is 12.9 Å². The Bertz CT molecular complexity index is 434. The molecule has 1 aromatic rings. The van der Waals surface area contributed by atoms with Crippen molar-refractivity contribution in [2.75, 3.05) is 6.54 Å². The lowest BCUT2D eigenvalue weighted by atomic mass is 10.0. The molecule has 1 aromatic carbocycles. The van der Waals surface area contributed by atoms with Gasteiger partial charge in [-0.2, -0.15) is 0 Å². The molecule has 5 heteroatoms. The molecule has 0 spiro atoms. The highest BCUT2D eigenvalue weighted by Gasteiger charge is 2.31. The van der Waals surface area contributed by atoms with Crippen LogP contribution in [0.3, 0.4) is 0 Å². The number of terminal acetylenes is 1. The molecule has 110 valence electrons. The molecule has 0 amide bonds. The Labute approximate surface area is 117 Å². The van der Waals surface area contributed by atoms with Crippen LogP contribution in [0.5, 0.6) is 5.75 Å². The summed E-state index contributed by atoms with van der Waals surface area (Å²) < 4.78 is 40.1. The summed E-state index contributed by atoms with van der Waals surface area (Å²) in [5, 5.41) is 3.29. The summed E-state index contributed by atoms with van der Waals surface area (Å²) in [6.07, 6.45) is 2.96. The molecular weight excluding hydrogens is 267 g/mol. The van der Waals surface area contributed by atoms with Crippen LogP contribution in [0.2, 0.25) is 0 Å². The third kappa shape index (κ3) is 5.98. The molecule has 2 nitrogen and oxygen atoms in total. The quantitative estimate of drug-likeness (QED) is 0.603. The first-order valence-electron chi connectivity index (χ1n) is 6.49. The summed E-state index contributed by atoms with van der Waals surface area (Å²) >= 11 is 0. The van der Waals surface area contributed by atoms with Gasteiger partial charge in [0, 0.05) is 12.5 Å². The van der Waals surface area contributed by atoms with E-state index in [1.54, 1.807) is 12.1 Å². The molecular formula is C15H18F3NO. The number of hydrogen-bond donors (Lipinski definition) is 1. The van der Waals surface area contributed by atoms with Crippen LogP contribution >= 0.6 is 0 Å². The molecule has 1 unspecified atom stereocenters. The van der Waals surface area contributed by atoms with Crippen molar-refractivity contribution in [3.05, 3.63) is 29.8 Å². The van der Waals surface area contributed by atoms with Gasteiger partial charge in [0.25, 0.3) is 0 Å². The lowest BCUT2D eigenvalue weighted by molar-refractivity contribution is -0.274. The number of unbranched alkanes of at least 4 members (excludes halogenated alkanes) is 1. The zero-order valence-electron chi connectivity index (χ0n) is 11.3. The minimum atomic E-state index is -4.66. The zero-order valence-corrected chi connectivity index (χ0v) is 11.3. The van der Waals surface area contributed by atoms with Gasteiger partial charge in [-0.15, -0.1) is 25.5 Å². The van der Waals surface area contributed by atoms with Crippen LogP contribution in [0.1, 0.15) is 37.8 Å². The molecule has 0 aliphatic rings. The Kier molecular flexibility index (Phi) is 6.40. The van der Waals surface area contributed by atoms with Crippen LogP contribution in [0.25, 0.3) is 0 Å². The van der Waals surface area contributed by atoms with Crippen LogP contribution in [0, 0.1) is 12.3 Å². The fourth-order valence-corrected chi connectivity index (χ4v) is 1.94. The molecule has 0 saturated carbocycles. The molecule has 0 fully saturated rings. The van der Waals surface area contributed by atoms with E-state index in [2.05, 4.69) is 16.0 Å². The molecule has 0 saturated heterocycles. The van der Waals surface area contributed by atoms with E-state index in [-0.39, 0.29) is 11.8 Å². The Balaban J connectivity index is 2.69. The third-order valence-corrected chi connectivity index (χ3v) is 2.78. The Morgan fingerprint density at radius 2 is 1.95 bits per heavy atom. The first kappa shape index (κ1) is 16.4. The number of hydrogen-bond acceptors (Lipinski definition) is 2.